The molecule has 38 heavy (non-hydrogen) atoms. The zero-order chi connectivity index (χ0) is 27.4. The fourth-order valence-corrected chi connectivity index (χ4v) is 5.26. The number of allylic oxidation sites excluding steroid dienone is 2. The number of anilines is 1. The molecule has 2 heterocycles. The average molecular weight is 519 g/mol. The summed E-state index contributed by atoms with van der Waals surface area (Å²) in [6, 6.07) is 14.7. The Bertz CT molecular complexity index is 1350. The Balaban J connectivity index is 1.67. The van der Waals surface area contributed by atoms with Crippen molar-refractivity contribution < 1.29 is 23.9 Å². The normalized spacial score (nSPS) is 18.1. The fraction of sp³-hybridized carbons (Fsp3) is 0.357. The molecule has 0 bridgehead atoms. The number of nitro benzene ring substituents is 1. The number of nitriles is 1. The Morgan fingerprint density at radius 2 is 1.97 bits per heavy atom. The van der Waals surface area contributed by atoms with Crippen LogP contribution in [0.5, 0.6) is 5.75 Å². The van der Waals surface area contributed by atoms with Crippen molar-refractivity contribution >= 4 is 17.3 Å². The van der Waals surface area contributed by atoms with Crippen molar-refractivity contribution in [3.63, 3.8) is 0 Å². The van der Waals surface area contributed by atoms with Gasteiger partial charge in [-0.05, 0) is 55.9 Å². The summed E-state index contributed by atoms with van der Waals surface area (Å²) in [6.45, 7) is 4.59. The lowest BCUT2D eigenvalue weighted by Gasteiger charge is -2.34. The van der Waals surface area contributed by atoms with Gasteiger partial charge in [-0.3, -0.25) is 10.1 Å². The van der Waals surface area contributed by atoms with Crippen LogP contribution < -0.4 is 15.4 Å². The molecule has 198 valence electrons. The van der Waals surface area contributed by atoms with Gasteiger partial charge in [0.15, 0.2) is 0 Å². The van der Waals surface area contributed by atoms with Gasteiger partial charge in [0.1, 0.15) is 28.8 Å². The van der Waals surface area contributed by atoms with E-state index in [1.54, 1.807) is 33.1 Å². The Kier molecular flexibility index (Phi) is 7.86. The van der Waals surface area contributed by atoms with E-state index in [-0.39, 0.29) is 41.0 Å². The fourth-order valence-electron chi connectivity index (χ4n) is 5.26. The minimum atomic E-state index is -0.947. The van der Waals surface area contributed by atoms with Crippen molar-refractivity contribution in [1.82, 2.24) is 0 Å². The standard InChI is InChI=1S/C28H30N4O6/c1-4-37-28(33)25-17(2)38-27(30)21(16-29)26(25)19-9-10-22(23(15-19)32(34)35)31-13-11-18(12-14-31)20-7-5-6-8-24(20)36-3/h5-10,15,18,26H,4,11-14,30H2,1-3H3. The molecule has 10 nitrogen and oxygen atoms in total. The van der Waals surface area contributed by atoms with Crippen LogP contribution >= 0.6 is 0 Å². The van der Waals surface area contributed by atoms with Gasteiger partial charge in [0.2, 0.25) is 5.88 Å². The Morgan fingerprint density at radius 1 is 1.26 bits per heavy atom. The lowest BCUT2D eigenvalue weighted by molar-refractivity contribution is -0.384. The number of para-hydroxylation sites is 1. The van der Waals surface area contributed by atoms with E-state index < -0.39 is 16.8 Å². The van der Waals surface area contributed by atoms with E-state index in [2.05, 4.69) is 6.07 Å². The number of benzene rings is 2. The molecule has 0 saturated carbocycles. The highest BCUT2D eigenvalue weighted by atomic mass is 16.6. The highest BCUT2D eigenvalue weighted by molar-refractivity contribution is 5.92. The van der Waals surface area contributed by atoms with Gasteiger partial charge in [-0.1, -0.05) is 24.3 Å². The number of ether oxygens (including phenoxy) is 3. The Labute approximate surface area is 221 Å². The molecule has 2 N–H and O–H groups in total. The van der Waals surface area contributed by atoms with Crippen LogP contribution in [0, 0.1) is 21.4 Å². The average Bonchev–Trinajstić information content (AvgIpc) is 2.92. The van der Waals surface area contributed by atoms with Crippen LogP contribution in [0.25, 0.3) is 0 Å². The number of hydrogen-bond acceptors (Lipinski definition) is 9. The first-order chi connectivity index (χ1) is 18.3. The van der Waals surface area contributed by atoms with E-state index in [4.69, 9.17) is 19.9 Å². The summed E-state index contributed by atoms with van der Waals surface area (Å²) in [4.78, 5) is 26.6. The van der Waals surface area contributed by atoms with Crippen LogP contribution in [0.2, 0.25) is 0 Å². The first kappa shape index (κ1) is 26.5. The topological polar surface area (TPSA) is 141 Å². The summed E-state index contributed by atoms with van der Waals surface area (Å²) in [5, 5.41) is 22.0. The second kappa shape index (κ2) is 11.3. The van der Waals surface area contributed by atoms with E-state index >= 15 is 0 Å². The molecule has 0 aliphatic carbocycles. The Hall–Kier alpha value is -4.52. The van der Waals surface area contributed by atoms with Crippen LogP contribution in [-0.4, -0.2) is 37.7 Å². The third kappa shape index (κ3) is 5.00. The monoisotopic (exact) mass is 518 g/mol. The second-order valence-electron chi connectivity index (χ2n) is 9.12. The molecule has 2 aromatic carbocycles. The minimum Gasteiger partial charge on any atom is -0.496 e. The maximum atomic E-state index is 12.8. The zero-order valence-corrected chi connectivity index (χ0v) is 21.6. The number of hydrogen-bond donors (Lipinski definition) is 1. The van der Waals surface area contributed by atoms with Crippen molar-refractivity contribution in [2.45, 2.75) is 38.5 Å². The predicted octanol–water partition coefficient (Wildman–Crippen LogP) is 4.63. The third-order valence-corrected chi connectivity index (χ3v) is 7.04. The number of piperidine rings is 1. The first-order valence-electron chi connectivity index (χ1n) is 12.4. The molecule has 1 saturated heterocycles. The maximum Gasteiger partial charge on any atom is 0.338 e. The van der Waals surface area contributed by atoms with Gasteiger partial charge in [0.05, 0.1) is 30.1 Å². The molecule has 4 rings (SSSR count). The van der Waals surface area contributed by atoms with Gasteiger partial charge in [0.25, 0.3) is 5.69 Å². The quantitative estimate of drug-likeness (QED) is 0.315. The van der Waals surface area contributed by atoms with Crippen molar-refractivity contribution in [3.8, 4) is 11.8 Å². The highest BCUT2D eigenvalue weighted by Gasteiger charge is 2.38. The smallest absolute Gasteiger partial charge is 0.338 e. The van der Waals surface area contributed by atoms with Crippen molar-refractivity contribution in [2.24, 2.45) is 5.73 Å². The molecule has 0 amide bonds. The molecule has 10 heteroatoms. The number of carbonyl (C=O) groups excluding carboxylic acids is 1. The molecule has 0 radical (unpaired) electrons. The molecule has 1 fully saturated rings. The molecule has 1 unspecified atom stereocenters. The van der Waals surface area contributed by atoms with Crippen LogP contribution in [0.4, 0.5) is 11.4 Å². The number of carbonyl (C=O) groups is 1. The van der Waals surface area contributed by atoms with Gasteiger partial charge in [-0.15, -0.1) is 0 Å². The number of nitro groups is 1. The number of esters is 1. The first-order valence-corrected chi connectivity index (χ1v) is 12.4. The van der Waals surface area contributed by atoms with Crippen LogP contribution in [0.1, 0.15) is 49.7 Å². The van der Waals surface area contributed by atoms with Crippen molar-refractivity contribution in [2.75, 3.05) is 31.7 Å². The molecule has 2 aliphatic rings. The number of rotatable bonds is 7. The lowest BCUT2D eigenvalue weighted by atomic mass is 9.82. The predicted molar refractivity (Wildman–Crippen MR) is 140 cm³/mol. The van der Waals surface area contributed by atoms with Crippen molar-refractivity contribution in [1.29, 1.82) is 5.26 Å². The van der Waals surface area contributed by atoms with Gasteiger partial charge in [-0.2, -0.15) is 5.26 Å². The van der Waals surface area contributed by atoms with E-state index in [0.717, 1.165) is 24.2 Å². The van der Waals surface area contributed by atoms with Gasteiger partial charge < -0.3 is 24.8 Å². The number of nitrogens with zero attached hydrogens (tertiary/aromatic N) is 3. The largest absolute Gasteiger partial charge is 0.496 e. The summed E-state index contributed by atoms with van der Waals surface area (Å²) in [6.07, 6.45) is 1.62. The minimum absolute atomic E-state index is 0.00155. The SMILES string of the molecule is CCOC(=O)C1=C(C)OC(N)=C(C#N)C1c1ccc(N2CCC(c3ccccc3OC)CC2)c([N+](=O)[O-])c1. The van der Waals surface area contributed by atoms with Gasteiger partial charge in [-0.25, -0.2) is 4.79 Å². The van der Waals surface area contributed by atoms with Gasteiger partial charge in [0, 0.05) is 19.2 Å². The summed E-state index contributed by atoms with van der Waals surface area (Å²) in [7, 11) is 1.65. The molecular formula is C28H30N4O6. The molecule has 0 spiro atoms. The molecule has 0 aromatic heterocycles. The van der Waals surface area contributed by atoms with Crippen LogP contribution in [0.15, 0.2) is 65.3 Å². The summed E-state index contributed by atoms with van der Waals surface area (Å²) in [5.74, 6) is -0.436. The lowest BCUT2D eigenvalue weighted by Crippen LogP contribution is -2.33. The van der Waals surface area contributed by atoms with E-state index in [9.17, 15) is 20.2 Å². The van der Waals surface area contributed by atoms with Gasteiger partial charge >= 0.3 is 5.97 Å². The molecular weight excluding hydrogens is 488 g/mol. The Morgan fingerprint density at radius 3 is 2.61 bits per heavy atom. The molecule has 1 atom stereocenters. The van der Waals surface area contributed by atoms with Crippen LogP contribution in [0.3, 0.4) is 0 Å². The van der Waals surface area contributed by atoms with E-state index in [0.29, 0.717) is 24.3 Å². The molecule has 2 aromatic rings. The zero-order valence-electron chi connectivity index (χ0n) is 21.6. The van der Waals surface area contributed by atoms with Crippen LogP contribution in [-0.2, 0) is 14.3 Å². The summed E-state index contributed by atoms with van der Waals surface area (Å²) < 4.78 is 16.2. The number of nitrogens with two attached hydrogens (primary N) is 1. The summed E-state index contributed by atoms with van der Waals surface area (Å²) >= 11 is 0. The molecule has 2 aliphatic heterocycles. The second-order valence-corrected chi connectivity index (χ2v) is 9.12. The number of methoxy groups -OCH3 is 1. The third-order valence-electron chi connectivity index (χ3n) is 7.04. The maximum absolute atomic E-state index is 12.8. The van der Waals surface area contributed by atoms with Crippen molar-refractivity contribution in [3.05, 3.63) is 86.5 Å². The van der Waals surface area contributed by atoms with E-state index in [1.165, 1.54) is 6.07 Å². The summed E-state index contributed by atoms with van der Waals surface area (Å²) in [5.41, 5.74) is 7.96. The van der Waals surface area contributed by atoms with E-state index in [1.807, 2.05) is 29.2 Å². The highest BCUT2D eigenvalue weighted by Crippen LogP contribution is 2.43.